The molecule has 0 saturated carbocycles. The van der Waals surface area contributed by atoms with Gasteiger partial charge in [-0.15, -0.1) is 0 Å². The number of aryl methyl sites for hydroxylation is 1. The third kappa shape index (κ3) is 3.30. The largest absolute Gasteiger partial charge is 0.364 e. The Hall–Kier alpha value is -3.15. The van der Waals surface area contributed by atoms with Crippen LogP contribution in [0.25, 0.3) is 22.0 Å². The van der Waals surface area contributed by atoms with Crippen LogP contribution in [-0.4, -0.2) is 15.9 Å². The van der Waals surface area contributed by atoms with Gasteiger partial charge in [-0.2, -0.15) is 0 Å². The molecule has 0 bridgehead atoms. The average molecular weight is 365 g/mol. The van der Waals surface area contributed by atoms with Crippen LogP contribution in [0, 0.1) is 6.92 Å². The van der Waals surface area contributed by atoms with Gasteiger partial charge in [-0.3, -0.25) is 14.4 Å². The van der Waals surface area contributed by atoms with E-state index >= 15 is 0 Å². The van der Waals surface area contributed by atoms with Gasteiger partial charge >= 0.3 is 0 Å². The summed E-state index contributed by atoms with van der Waals surface area (Å²) in [6, 6.07) is 7.40. The molecule has 6 nitrogen and oxygen atoms in total. The van der Waals surface area contributed by atoms with Crippen LogP contribution in [-0.2, 0) is 0 Å². The lowest BCUT2D eigenvalue weighted by atomic mass is 9.92. The molecule has 1 amide bonds. The number of hydrogen-bond acceptors (Lipinski definition) is 3. The number of carbonyl (C=O) groups excluding carboxylic acids is 1. The number of carbonyl (C=O) groups is 1. The van der Waals surface area contributed by atoms with Crippen molar-refractivity contribution in [3.8, 4) is 11.1 Å². The zero-order valence-electron chi connectivity index (χ0n) is 15.7. The second kappa shape index (κ2) is 7.23. The van der Waals surface area contributed by atoms with Crippen LogP contribution in [0.2, 0.25) is 0 Å². The first-order chi connectivity index (χ1) is 12.8. The minimum atomic E-state index is -0.781. The molecule has 4 N–H and O–H groups in total. The highest BCUT2D eigenvalue weighted by molar-refractivity contribution is 6.06. The highest BCUT2D eigenvalue weighted by atomic mass is 16.2. The number of H-pyrrole nitrogens is 2. The Morgan fingerprint density at radius 3 is 2.44 bits per heavy atom. The number of nitrogens with two attached hydrogens (primary N) is 1. The number of primary amides is 1. The first-order valence-electron chi connectivity index (χ1n) is 9.03. The molecular formula is C21H23N3O3. The molecule has 0 fully saturated rings. The summed E-state index contributed by atoms with van der Waals surface area (Å²) in [4.78, 5) is 43.3. The van der Waals surface area contributed by atoms with Crippen molar-refractivity contribution in [2.24, 2.45) is 5.73 Å². The molecule has 0 saturated heterocycles. The van der Waals surface area contributed by atoms with Gasteiger partial charge in [-0.05, 0) is 24.8 Å². The molecule has 0 spiro atoms. The Labute approximate surface area is 156 Å². The predicted octanol–water partition coefficient (Wildman–Crippen LogP) is 3.19. The van der Waals surface area contributed by atoms with E-state index in [1.807, 2.05) is 38.1 Å². The third-order valence-electron chi connectivity index (χ3n) is 4.92. The maximum atomic E-state index is 13.3. The number of fused-ring (bicyclic) bond motifs is 1. The molecule has 0 radical (unpaired) electrons. The van der Waals surface area contributed by atoms with E-state index in [1.165, 1.54) is 0 Å². The van der Waals surface area contributed by atoms with Gasteiger partial charge in [0.05, 0.1) is 5.39 Å². The van der Waals surface area contributed by atoms with Crippen molar-refractivity contribution in [2.45, 2.75) is 39.5 Å². The van der Waals surface area contributed by atoms with Crippen molar-refractivity contribution in [1.82, 2.24) is 9.97 Å². The molecule has 1 atom stereocenters. The van der Waals surface area contributed by atoms with E-state index in [0.717, 1.165) is 18.4 Å². The summed E-state index contributed by atoms with van der Waals surface area (Å²) in [6.07, 6.45) is 3.38. The molecule has 0 aliphatic heterocycles. The normalized spacial score (nSPS) is 12.3. The van der Waals surface area contributed by atoms with Gasteiger partial charge < -0.3 is 15.7 Å². The third-order valence-corrected chi connectivity index (χ3v) is 4.92. The molecule has 3 rings (SSSR count). The lowest BCUT2D eigenvalue weighted by Crippen LogP contribution is -2.25. The maximum Gasteiger partial charge on any atom is 0.273 e. The highest BCUT2D eigenvalue weighted by Crippen LogP contribution is 2.28. The molecule has 6 heteroatoms. The Bertz CT molecular complexity index is 1120. The van der Waals surface area contributed by atoms with Gasteiger partial charge in [0.2, 0.25) is 0 Å². The van der Waals surface area contributed by atoms with Gasteiger partial charge in [0.15, 0.2) is 5.43 Å². The summed E-state index contributed by atoms with van der Waals surface area (Å²) in [6.45, 7) is 5.98. The summed E-state index contributed by atoms with van der Waals surface area (Å²) < 4.78 is 0. The molecule has 0 aliphatic rings. The van der Waals surface area contributed by atoms with Gasteiger partial charge in [-0.1, -0.05) is 50.1 Å². The molecule has 1 aromatic carbocycles. The Morgan fingerprint density at radius 1 is 1.19 bits per heavy atom. The van der Waals surface area contributed by atoms with Gasteiger partial charge in [0, 0.05) is 17.3 Å². The summed E-state index contributed by atoms with van der Waals surface area (Å²) in [5, 5.41) is 0.205. The Balaban J connectivity index is 2.47. The molecule has 27 heavy (non-hydrogen) atoms. The van der Waals surface area contributed by atoms with Gasteiger partial charge in [0.1, 0.15) is 11.2 Å². The average Bonchev–Trinajstić information content (AvgIpc) is 2.63. The predicted molar refractivity (Wildman–Crippen MR) is 107 cm³/mol. The number of amides is 1. The van der Waals surface area contributed by atoms with Crippen LogP contribution >= 0.6 is 0 Å². The molecule has 1 unspecified atom stereocenters. The van der Waals surface area contributed by atoms with Gasteiger partial charge in [0.25, 0.3) is 11.5 Å². The quantitative estimate of drug-likeness (QED) is 0.646. The van der Waals surface area contributed by atoms with E-state index in [1.54, 1.807) is 6.20 Å². The number of benzene rings is 1. The van der Waals surface area contributed by atoms with Crippen molar-refractivity contribution in [1.29, 1.82) is 0 Å². The molecule has 2 heterocycles. The van der Waals surface area contributed by atoms with Crippen LogP contribution in [0.5, 0.6) is 0 Å². The van der Waals surface area contributed by atoms with Crippen molar-refractivity contribution >= 4 is 16.8 Å². The van der Waals surface area contributed by atoms with Crippen molar-refractivity contribution in [3.05, 3.63) is 67.9 Å². The van der Waals surface area contributed by atoms with E-state index in [9.17, 15) is 14.4 Å². The smallest absolute Gasteiger partial charge is 0.273 e. The fraction of sp³-hybridized carbons (Fsp3) is 0.286. The summed E-state index contributed by atoms with van der Waals surface area (Å²) in [7, 11) is 0. The second-order valence-electron chi connectivity index (χ2n) is 6.95. The fourth-order valence-electron chi connectivity index (χ4n) is 3.47. The maximum absolute atomic E-state index is 13.3. The lowest BCUT2D eigenvalue weighted by molar-refractivity contribution is 0.0996. The first kappa shape index (κ1) is 18.6. The fourth-order valence-corrected chi connectivity index (χ4v) is 3.47. The summed E-state index contributed by atoms with van der Waals surface area (Å²) in [5.41, 5.74) is 7.48. The molecule has 0 aliphatic carbocycles. The van der Waals surface area contributed by atoms with E-state index in [4.69, 9.17) is 5.73 Å². The Morgan fingerprint density at radius 2 is 1.85 bits per heavy atom. The number of nitrogens with one attached hydrogen (secondary N) is 2. The van der Waals surface area contributed by atoms with Gasteiger partial charge in [-0.25, -0.2) is 0 Å². The summed E-state index contributed by atoms with van der Waals surface area (Å²) in [5.74, 6) is -0.749. The van der Waals surface area contributed by atoms with E-state index in [2.05, 4.69) is 16.9 Å². The minimum Gasteiger partial charge on any atom is -0.364 e. The van der Waals surface area contributed by atoms with Crippen LogP contribution in [0.3, 0.4) is 0 Å². The van der Waals surface area contributed by atoms with Crippen molar-refractivity contribution < 1.29 is 4.79 Å². The van der Waals surface area contributed by atoms with E-state index in [-0.39, 0.29) is 27.9 Å². The standard InChI is InChI=1S/C21H23N3O3/c1-4-5-12(3)14-10-23-18-16(19(14)25)15(13-8-6-11(2)7-9-13)17(20(22)26)24-21(18)27/h6-10,12H,4-5H2,1-3H3,(H2,22,26)(H,23,25)(H,24,27). The number of aromatic nitrogens is 2. The van der Waals surface area contributed by atoms with Crippen molar-refractivity contribution in [3.63, 3.8) is 0 Å². The second-order valence-corrected chi connectivity index (χ2v) is 6.95. The molecule has 3 aromatic rings. The first-order valence-corrected chi connectivity index (χ1v) is 9.03. The van der Waals surface area contributed by atoms with Crippen molar-refractivity contribution in [2.75, 3.05) is 0 Å². The van der Waals surface area contributed by atoms with Crippen LogP contribution in [0.15, 0.2) is 40.1 Å². The molecule has 140 valence electrons. The molecular weight excluding hydrogens is 342 g/mol. The van der Waals surface area contributed by atoms with E-state index < -0.39 is 11.5 Å². The number of pyridine rings is 2. The van der Waals surface area contributed by atoms with Crippen LogP contribution in [0.1, 0.15) is 54.2 Å². The number of aromatic amines is 2. The highest BCUT2D eigenvalue weighted by Gasteiger charge is 2.22. The van der Waals surface area contributed by atoms with Crippen LogP contribution < -0.4 is 16.7 Å². The SMILES string of the molecule is CCCC(C)c1c[nH]c2c(=O)[nH]c(C(N)=O)c(-c3ccc(C)cc3)c2c1=O. The zero-order valence-corrected chi connectivity index (χ0v) is 15.7. The number of rotatable bonds is 5. The summed E-state index contributed by atoms with van der Waals surface area (Å²) >= 11 is 0. The zero-order chi connectivity index (χ0) is 19.7. The minimum absolute atomic E-state index is 0.0327. The monoisotopic (exact) mass is 365 g/mol. The van der Waals surface area contributed by atoms with Crippen LogP contribution in [0.4, 0.5) is 0 Å². The lowest BCUT2D eigenvalue weighted by Gasteiger charge is -2.14. The molecule has 2 aromatic heterocycles. The van der Waals surface area contributed by atoms with E-state index in [0.29, 0.717) is 16.7 Å². The topological polar surface area (TPSA) is 109 Å². The Kier molecular flexibility index (Phi) is 4.99. The number of hydrogen-bond donors (Lipinski definition) is 3.